The van der Waals surface area contributed by atoms with Crippen LogP contribution in [0.3, 0.4) is 0 Å². The zero-order chi connectivity index (χ0) is 13.3. The Morgan fingerprint density at radius 2 is 1.78 bits per heavy atom. The number of carboxylic acids is 1. The molecule has 1 aromatic rings. The molecule has 98 valence electrons. The molecule has 0 unspecified atom stereocenters. The van der Waals surface area contributed by atoms with Gasteiger partial charge in [0.05, 0.1) is 5.41 Å². The number of pyridine rings is 1. The highest BCUT2D eigenvalue weighted by Crippen LogP contribution is 2.40. The van der Waals surface area contributed by atoms with E-state index < -0.39 is 11.4 Å². The first-order valence-electron chi connectivity index (χ1n) is 6.36. The summed E-state index contributed by atoms with van der Waals surface area (Å²) in [6.45, 7) is 4.19. The molecule has 4 heteroatoms. The van der Waals surface area contributed by atoms with E-state index in [9.17, 15) is 14.7 Å². The van der Waals surface area contributed by atoms with E-state index >= 15 is 0 Å². The van der Waals surface area contributed by atoms with Crippen molar-refractivity contribution in [3.05, 3.63) is 33.7 Å². The van der Waals surface area contributed by atoms with Crippen LogP contribution in [0, 0.1) is 19.3 Å². The number of nitrogens with zero attached hydrogens (tertiary/aromatic N) is 1. The molecule has 0 saturated heterocycles. The molecule has 0 radical (unpaired) electrons. The molecule has 4 nitrogen and oxygen atoms in total. The van der Waals surface area contributed by atoms with Gasteiger partial charge in [0.25, 0.3) is 0 Å². The first-order valence-corrected chi connectivity index (χ1v) is 6.36. The Balaban J connectivity index is 2.39. The summed E-state index contributed by atoms with van der Waals surface area (Å²) < 4.78 is 1.96. The van der Waals surface area contributed by atoms with Gasteiger partial charge in [-0.3, -0.25) is 9.59 Å². The first-order chi connectivity index (χ1) is 8.44. The van der Waals surface area contributed by atoms with Gasteiger partial charge in [-0.05, 0) is 26.7 Å². The van der Waals surface area contributed by atoms with Crippen LogP contribution in [0.25, 0.3) is 0 Å². The van der Waals surface area contributed by atoms with E-state index in [1.54, 1.807) is 12.1 Å². The number of hydrogen-bond donors (Lipinski definition) is 1. The van der Waals surface area contributed by atoms with Crippen molar-refractivity contribution in [2.24, 2.45) is 5.41 Å². The quantitative estimate of drug-likeness (QED) is 0.892. The monoisotopic (exact) mass is 249 g/mol. The summed E-state index contributed by atoms with van der Waals surface area (Å²) in [6.07, 6.45) is 3.41. The Hall–Kier alpha value is -1.58. The Labute approximate surface area is 106 Å². The number of rotatable bonds is 3. The fourth-order valence-electron chi connectivity index (χ4n) is 2.93. The molecular formula is C14H19NO3. The number of aryl methyl sites for hydroxylation is 2. The molecule has 0 aromatic carbocycles. The van der Waals surface area contributed by atoms with Crippen molar-refractivity contribution in [2.75, 3.05) is 0 Å². The Morgan fingerprint density at radius 1 is 1.28 bits per heavy atom. The van der Waals surface area contributed by atoms with E-state index in [-0.39, 0.29) is 5.43 Å². The van der Waals surface area contributed by atoms with E-state index in [4.69, 9.17) is 0 Å². The average molecular weight is 249 g/mol. The molecule has 0 amide bonds. The van der Waals surface area contributed by atoms with Crippen LogP contribution in [0.5, 0.6) is 0 Å². The van der Waals surface area contributed by atoms with Crippen molar-refractivity contribution in [3.8, 4) is 0 Å². The van der Waals surface area contributed by atoms with Gasteiger partial charge in [0.2, 0.25) is 0 Å². The Bertz CT molecular complexity index is 498. The molecule has 1 aliphatic carbocycles. The second-order valence-electron chi connectivity index (χ2n) is 5.35. The van der Waals surface area contributed by atoms with Crippen LogP contribution in [0.2, 0.25) is 0 Å². The summed E-state index contributed by atoms with van der Waals surface area (Å²) in [5.41, 5.74) is 1.02. The maximum absolute atomic E-state index is 11.5. The van der Waals surface area contributed by atoms with Gasteiger partial charge in [-0.15, -0.1) is 0 Å². The number of hydrogen-bond acceptors (Lipinski definition) is 2. The maximum Gasteiger partial charge on any atom is 0.311 e. The molecule has 1 aromatic heterocycles. The standard InChI is InChI=1S/C14H19NO3/c1-10-7-12(16)8-11(2)15(10)9-14(13(17)18)5-3-4-6-14/h7-8H,3-6,9H2,1-2H3,(H,17,18). The first kappa shape index (κ1) is 12.9. The van der Waals surface area contributed by atoms with Gasteiger partial charge in [-0.1, -0.05) is 12.8 Å². The predicted molar refractivity (Wildman–Crippen MR) is 68.7 cm³/mol. The normalized spacial score (nSPS) is 17.9. The Morgan fingerprint density at radius 3 is 2.22 bits per heavy atom. The van der Waals surface area contributed by atoms with Gasteiger partial charge in [0, 0.05) is 30.1 Å². The molecular weight excluding hydrogens is 230 g/mol. The van der Waals surface area contributed by atoms with Crippen LogP contribution >= 0.6 is 0 Å². The van der Waals surface area contributed by atoms with Gasteiger partial charge < -0.3 is 9.67 Å². The van der Waals surface area contributed by atoms with E-state index in [1.165, 1.54) is 0 Å². The van der Waals surface area contributed by atoms with Crippen LogP contribution in [-0.4, -0.2) is 15.6 Å². The molecule has 0 aliphatic heterocycles. The molecule has 0 spiro atoms. The summed E-state index contributed by atoms with van der Waals surface area (Å²) in [4.78, 5) is 22.9. The molecule has 1 N–H and O–H groups in total. The number of carboxylic acid groups (broad SMARTS) is 1. The topological polar surface area (TPSA) is 59.3 Å². The molecule has 2 rings (SSSR count). The number of aromatic nitrogens is 1. The average Bonchev–Trinajstić information content (AvgIpc) is 2.73. The smallest absolute Gasteiger partial charge is 0.311 e. The predicted octanol–water partition coefficient (Wildman–Crippen LogP) is 2.11. The van der Waals surface area contributed by atoms with Crippen LogP contribution in [0.1, 0.15) is 37.1 Å². The second kappa shape index (κ2) is 4.59. The lowest BCUT2D eigenvalue weighted by Crippen LogP contribution is -2.34. The van der Waals surface area contributed by atoms with E-state index in [2.05, 4.69) is 0 Å². The Kier molecular flexibility index (Phi) is 3.28. The van der Waals surface area contributed by atoms with Crippen molar-refractivity contribution in [3.63, 3.8) is 0 Å². The molecule has 0 atom stereocenters. The van der Waals surface area contributed by atoms with Gasteiger partial charge >= 0.3 is 5.97 Å². The summed E-state index contributed by atoms with van der Waals surface area (Å²) >= 11 is 0. The minimum absolute atomic E-state index is 0.0166. The lowest BCUT2D eigenvalue weighted by molar-refractivity contribution is -0.149. The summed E-state index contributed by atoms with van der Waals surface area (Å²) in [7, 11) is 0. The fraction of sp³-hybridized carbons (Fsp3) is 0.571. The zero-order valence-electron chi connectivity index (χ0n) is 10.9. The largest absolute Gasteiger partial charge is 0.481 e. The number of aliphatic carboxylic acids is 1. The zero-order valence-corrected chi connectivity index (χ0v) is 10.9. The molecule has 1 fully saturated rings. The van der Waals surface area contributed by atoms with Crippen molar-refractivity contribution in [2.45, 2.75) is 46.1 Å². The third-order valence-corrected chi connectivity index (χ3v) is 4.03. The minimum atomic E-state index is -0.711. The molecule has 0 bridgehead atoms. The highest BCUT2D eigenvalue weighted by molar-refractivity contribution is 5.74. The van der Waals surface area contributed by atoms with Crippen molar-refractivity contribution in [1.29, 1.82) is 0 Å². The van der Waals surface area contributed by atoms with Crippen molar-refractivity contribution >= 4 is 5.97 Å². The SMILES string of the molecule is Cc1cc(=O)cc(C)n1CC1(C(=O)O)CCCC1. The van der Waals surface area contributed by atoms with Crippen molar-refractivity contribution in [1.82, 2.24) is 4.57 Å². The minimum Gasteiger partial charge on any atom is -0.481 e. The summed E-state index contributed by atoms with van der Waals surface area (Å²) in [5.74, 6) is -0.711. The van der Waals surface area contributed by atoms with Crippen LogP contribution in [0.15, 0.2) is 16.9 Å². The lowest BCUT2D eigenvalue weighted by Gasteiger charge is -2.27. The van der Waals surface area contributed by atoms with E-state index in [1.807, 2.05) is 18.4 Å². The third-order valence-electron chi connectivity index (χ3n) is 4.03. The lowest BCUT2D eigenvalue weighted by atomic mass is 9.86. The highest BCUT2D eigenvalue weighted by atomic mass is 16.4. The van der Waals surface area contributed by atoms with Crippen molar-refractivity contribution < 1.29 is 9.90 Å². The summed E-state index contributed by atoms with van der Waals surface area (Å²) in [6, 6.07) is 3.13. The molecule has 1 saturated carbocycles. The van der Waals surface area contributed by atoms with Crippen LogP contribution < -0.4 is 5.43 Å². The van der Waals surface area contributed by atoms with Gasteiger partial charge in [0.1, 0.15) is 0 Å². The van der Waals surface area contributed by atoms with Gasteiger partial charge in [0.15, 0.2) is 5.43 Å². The van der Waals surface area contributed by atoms with E-state index in [0.29, 0.717) is 6.54 Å². The number of carbonyl (C=O) groups is 1. The van der Waals surface area contributed by atoms with Gasteiger partial charge in [-0.2, -0.15) is 0 Å². The summed E-state index contributed by atoms with van der Waals surface area (Å²) in [5, 5.41) is 9.49. The maximum atomic E-state index is 11.5. The van der Waals surface area contributed by atoms with Crippen LogP contribution in [0.4, 0.5) is 0 Å². The third kappa shape index (κ3) is 2.19. The molecule has 1 heterocycles. The molecule has 1 aliphatic rings. The fourth-order valence-corrected chi connectivity index (χ4v) is 2.93. The van der Waals surface area contributed by atoms with E-state index in [0.717, 1.165) is 37.1 Å². The van der Waals surface area contributed by atoms with Gasteiger partial charge in [-0.25, -0.2) is 0 Å². The highest BCUT2D eigenvalue weighted by Gasteiger charge is 2.41. The van der Waals surface area contributed by atoms with Crippen LogP contribution in [-0.2, 0) is 11.3 Å². The molecule has 18 heavy (non-hydrogen) atoms. The second-order valence-corrected chi connectivity index (χ2v) is 5.35.